The summed E-state index contributed by atoms with van der Waals surface area (Å²) in [7, 11) is 2.10. The van der Waals surface area contributed by atoms with Gasteiger partial charge in [-0.05, 0) is 24.6 Å². The van der Waals surface area contributed by atoms with Crippen LogP contribution in [0.5, 0.6) is 0 Å². The normalized spacial score (nSPS) is 21.1. The first kappa shape index (κ1) is 12.0. The van der Waals surface area contributed by atoms with Gasteiger partial charge in [0.1, 0.15) is 0 Å². The molecule has 1 unspecified atom stereocenters. The summed E-state index contributed by atoms with van der Waals surface area (Å²) in [6.45, 7) is 2.53. The van der Waals surface area contributed by atoms with Gasteiger partial charge in [-0.1, -0.05) is 17.7 Å². The Morgan fingerprint density at radius 2 is 2.22 bits per heavy atom. The second kappa shape index (κ2) is 4.92. The summed E-state index contributed by atoms with van der Waals surface area (Å²) < 4.78 is 7.71. The van der Waals surface area contributed by atoms with Crippen molar-refractivity contribution in [3.8, 4) is 0 Å². The van der Waals surface area contributed by atoms with Gasteiger partial charge in [-0.3, -0.25) is 0 Å². The standard InChI is InChI=1S/C14H17ClN2O/c1-17-13-9-11(15)3-2-10(13)8-14(17)12-4-6-18-7-5-16-12/h2-3,8-9,12,16H,4-7H2,1H3. The molecule has 0 amide bonds. The number of nitrogens with one attached hydrogen (secondary N) is 1. The predicted octanol–water partition coefficient (Wildman–Crippen LogP) is 2.88. The largest absolute Gasteiger partial charge is 0.380 e. The molecule has 1 aromatic heterocycles. The van der Waals surface area contributed by atoms with E-state index in [2.05, 4.69) is 29.1 Å². The van der Waals surface area contributed by atoms with E-state index in [1.54, 1.807) is 0 Å². The topological polar surface area (TPSA) is 26.2 Å². The Hall–Kier alpha value is -1.03. The molecule has 0 spiro atoms. The summed E-state index contributed by atoms with van der Waals surface area (Å²) in [6, 6.07) is 8.65. The maximum absolute atomic E-state index is 6.06. The molecule has 1 saturated heterocycles. The fourth-order valence-electron chi connectivity index (χ4n) is 2.62. The van der Waals surface area contributed by atoms with Gasteiger partial charge in [-0.2, -0.15) is 0 Å². The van der Waals surface area contributed by atoms with Crippen LogP contribution in [0.15, 0.2) is 24.3 Å². The van der Waals surface area contributed by atoms with Crippen LogP contribution in [-0.4, -0.2) is 24.3 Å². The molecule has 0 bridgehead atoms. The van der Waals surface area contributed by atoms with Crippen molar-refractivity contribution in [3.63, 3.8) is 0 Å². The minimum Gasteiger partial charge on any atom is -0.380 e. The first-order valence-corrected chi connectivity index (χ1v) is 6.69. The average Bonchev–Trinajstić information content (AvgIpc) is 2.59. The number of benzene rings is 1. The monoisotopic (exact) mass is 264 g/mol. The number of hydrogen-bond acceptors (Lipinski definition) is 2. The Kier molecular flexibility index (Phi) is 3.29. The molecule has 0 aliphatic carbocycles. The Balaban J connectivity index is 2.03. The fraction of sp³-hybridized carbons (Fsp3) is 0.429. The molecule has 1 aliphatic rings. The molecule has 4 heteroatoms. The van der Waals surface area contributed by atoms with Crippen molar-refractivity contribution in [1.82, 2.24) is 9.88 Å². The van der Waals surface area contributed by atoms with Gasteiger partial charge in [0.25, 0.3) is 0 Å². The van der Waals surface area contributed by atoms with Crippen LogP contribution in [0.4, 0.5) is 0 Å². The molecule has 1 atom stereocenters. The lowest BCUT2D eigenvalue weighted by Gasteiger charge is -2.16. The van der Waals surface area contributed by atoms with Gasteiger partial charge in [0, 0.05) is 47.9 Å². The SMILES string of the molecule is Cn1c(C2CCOCCN2)cc2ccc(Cl)cc21. The van der Waals surface area contributed by atoms with E-state index >= 15 is 0 Å². The van der Waals surface area contributed by atoms with E-state index in [1.165, 1.54) is 16.6 Å². The van der Waals surface area contributed by atoms with Gasteiger partial charge in [0.15, 0.2) is 0 Å². The molecule has 1 fully saturated rings. The van der Waals surface area contributed by atoms with E-state index in [9.17, 15) is 0 Å². The first-order chi connectivity index (χ1) is 8.75. The van der Waals surface area contributed by atoms with E-state index in [0.717, 1.165) is 31.2 Å². The number of halogens is 1. The second-order valence-electron chi connectivity index (χ2n) is 4.74. The highest BCUT2D eigenvalue weighted by Gasteiger charge is 2.18. The van der Waals surface area contributed by atoms with Crippen LogP contribution in [0, 0.1) is 0 Å². The van der Waals surface area contributed by atoms with Gasteiger partial charge in [0.05, 0.1) is 6.61 Å². The summed E-state index contributed by atoms with van der Waals surface area (Å²) in [6.07, 6.45) is 1.01. The molecule has 2 heterocycles. The van der Waals surface area contributed by atoms with Gasteiger partial charge in [-0.25, -0.2) is 0 Å². The van der Waals surface area contributed by atoms with Crippen molar-refractivity contribution in [3.05, 3.63) is 35.0 Å². The molecular formula is C14H17ClN2O. The van der Waals surface area contributed by atoms with E-state index in [1.807, 2.05) is 12.1 Å². The number of hydrogen-bond donors (Lipinski definition) is 1. The Morgan fingerprint density at radius 1 is 1.33 bits per heavy atom. The summed E-state index contributed by atoms with van der Waals surface area (Å²) in [5.41, 5.74) is 2.49. The zero-order valence-corrected chi connectivity index (χ0v) is 11.2. The minimum absolute atomic E-state index is 0.365. The first-order valence-electron chi connectivity index (χ1n) is 6.32. The molecule has 1 aromatic carbocycles. The Bertz CT molecular complexity index is 556. The van der Waals surface area contributed by atoms with Crippen molar-refractivity contribution in [1.29, 1.82) is 0 Å². The summed E-state index contributed by atoms with van der Waals surface area (Å²) in [4.78, 5) is 0. The highest BCUT2D eigenvalue weighted by atomic mass is 35.5. The maximum atomic E-state index is 6.06. The van der Waals surface area contributed by atoms with Gasteiger partial charge in [-0.15, -0.1) is 0 Å². The van der Waals surface area contributed by atoms with Crippen LogP contribution in [0.1, 0.15) is 18.2 Å². The van der Waals surface area contributed by atoms with Gasteiger partial charge in [0.2, 0.25) is 0 Å². The van der Waals surface area contributed by atoms with Crippen LogP contribution in [0.3, 0.4) is 0 Å². The number of ether oxygens (including phenoxy) is 1. The molecule has 0 radical (unpaired) electrons. The Labute approximate surface area is 112 Å². The highest BCUT2D eigenvalue weighted by Crippen LogP contribution is 2.27. The Morgan fingerprint density at radius 3 is 3.11 bits per heavy atom. The maximum Gasteiger partial charge on any atom is 0.0591 e. The van der Waals surface area contributed by atoms with Crippen LogP contribution >= 0.6 is 11.6 Å². The number of aromatic nitrogens is 1. The van der Waals surface area contributed by atoms with Crippen molar-refractivity contribution in [2.45, 2.75) is 12.5 Å². The molecule has 3 rings (SSSR count). The lowest BCUT2D eigenvalue weighted by Crippen LogP contribution is -2.23. The zero-order chi connectivity index (χ0) is 12.5. The van der Waals surface area contributed by atoms with Crippen molar-refractivity contribution in [2.24, 2.45) is 7.05 Å². The second-order valence-corrected chi connectivity index (χ2v) is 5.18. The zero-order valence-electron chi connectivity index (χ0n) is 10.4. The van der Waals surface area contributed by atoms with Crippen molar-refractivity contribution < 1.29 is 4.74 Å². The quantitative estimate of drug-likeness (QED) is 0.857. The lowest BCUT2D eigenvalue weighted by molar-refractivity contribution is 0.149. The fourth-order valence-corrected chi connectivity index (χ4v) is 2.79. The van der Waals surface area contributed by atoms with E-state index in [0.29, 0.717) is 6.04 Å². The number of aryl methyl sites for hydroxylation is 1. The van der Waals surface area contributed by atoms with Crippen LogP contribution in [0.25, 0.3) is 10.9 Å². The minimum atomic E-state index is 0.365. The molecule has 0 saturated carbocycles. The lowest BCUT2D eigenvalue weighted by atomic mass is 10.1. The van der Waals surface area contributed by atoms with E-state index in [-0.39, 0.29) is 0 Å². The van der Waals surface area contributed by atoms with Crippen molar-refractivity contribution in [2.75, 3.05) is 19.8 Å². The number of rotatable bonds is 1. The summed E-state index contributed by atoms with van der Waals surface area (Å²) in [5.74, 6) is 0. The smallest absolute Gasteiger partial charge is 0.0591 e. The third-order valence-electron chi connectivity index (χ3n) is 3.59. The molecular weight excluding hydrogens is 248 g/mol. The van der Waals surface area contributed by atoms with Crippen LogP contribution < -0.4 is 5.32 Å². The molecule has 2 aromatic rings. The number of fused-ring (bicyclic) bond motifs is 1. The summed E-state index contributed by atoms with van der Waals surface area (Å²) in [5, 5.41) is 5.56. The average molecular weight is 265 g/mol. The third kappa shape index (κ3) is 2.14. The molecule has 1 aliphatic heterocycles. The molecule has 96 valence electrons. The third-order valence-corrected chi connectivity index (χ3v) is 3.82. The van der Waals surface area contributed by atoms with Crippen molar-refractivity contribution >= 4 is 22.5 Å². The molecule has 18 heavy (non-hydrogen) atoms. The summed E-state index contributed by atoms with van der Waals surface area (Å²) >= 11 is 6.06. The van der Waals surface area contributed by atoms with E-state index < -0.39 is 0 Å². The van der Waals surface area contributed by atoms with Crippen LogP contribution in [0.2, 0.25) is 5.02 Å². The van der Waals surface area contributed by atoms with Gasteiger partial charge < -0.3 is 14.6 Å². The van der Waals surface area contributed by atoms with Crippen LogP contribution in [-0.2, 0) is 11.8 Å². The number of nitrogens with zero attached hydrogens (tertiary/aromatic N) is 1. The predicted molar refractivity (Wildman–Crippen MR) is 74.1 cm³/mol. The van der Waals surface area contributed by atoms with Gasteiger partial charge >= 0.3 is 0 Å². The highest BCUT2D eigenvalue weighted by molar-refractivity contribution is 6.31. The molecule has 1 N–H and O–H groups in total. The van der Waals surface area contributed by atoms with E-state index in [4.69, 9.17) is 16.3 Å². The molecule has 3 nitrogen and oxygen atoms in total.